The molecule has 4 rings (SSSR count). The van der Waals surface area contributed by atoms with E-state index in [4.69, 9.17) is 4.74 Å². The summed E-state index contributed by atoms with van der Waals surface area (Å²) in [5, 5.41) is 5.74. The predicted octanol–water partition coefficient (Wildman–Crippen LogP) is 7.33. The summed E-state index contributed by atoms with van der Waals surface area (Å²) in [6.07, 6.45) is 6.55. The summed E-state index contributed by atoms with van der Waals surface area (Å²) in [5.41, 5.74) is -0.813. The Balaban J connectivity index is 1.56. The average molecular weight is 587 g/mol. The maximum atomic E-state index is 14.7. The highest BCUT2D eigenvalue weighted by Gasteiger charge is 2.31. The topological polar surface area (TPSA) is 93.2 Å². The van der Waals surface area contributed by atoms with Gasteiger partial charge >= 0.3 is 6.09 Å². The summed E-state index contributed by atoms with van der Waals surface area (Å²) in [6.45, 7) is 7.51. The van der Waals surface area contributed by atoms with Crippen LogP contribution in [0.15, 0.2) is 47.6 Å². The van der Waals surface area contributed by atoms with E-state index in [9.17, 15) is 22.8 Å². The number of amides is 2. The molecule has 0 spiro atoms. The van der Waals surface area contributed by atoms with Gasteiger partial charge in [-0.05, 0) is 94.0 Å². The number of benzene rings is 1. The summed E-state index contributed by atoms with van der Waals surface area (Å²) >= 11 is 1.14. The van der Waals surface area contributed by atoms with E-state index in [1.807, 2.05) is 6.07 Å². The summed E-state index contributed by atoms with van der Waals surface area (Å²) in [4.78, 5) is 34.1. The highest BCUT2D eigenvalue weighted by atomic mass is 32.2. The summed E-state index contributed by atoms with van der Waals surface area (Å²) in [6, 6.07) is 5.98. The molecule has 0 saturated heterocycles. The second-order valence-electron chi connectivity index (χ2n) is 11.3. The maximum absolute atomic E-state index is 14.7. The molecule has 3 atom stereocenters. The van der Waals surface area contributed by atoms with Gasteiger partial charge in [0.2, 0.25) is 0 Å². The fourth-order valence-corrected chi connectivity index (χ4v) is 5.58. The molecule has 2 aromatic heterocycles. The first kappa shape index (κ1) is 30.4. The zero-order valence-electron chi connectivity index (χ0n) is 23.6. The van der Waals surface area contributed by atoms with E-state index in [1.54, 1.807) is 33.2 Å². The molecule has 0 bridgehead atoms. The van der Waals surface area contributed by atoms with Crippen LogP contribution in [0, 0.1) is 23.4 Å². The molecule has 2 unspecified atom stereocenters. The van der Waals surface area contributed by atoms with Crippen molar-refractivity contribution in [1.82, 2.24) is 15.3 Å². The number of anilines is 1. The van der Waals surface area contributed by atoms with Crippen LogP contribution in [0.25, 0.3) is 11.3 Å². The molecule has 7 nitrogen and oxygen atoms in total. The van der Waals surface area contributed by atoms with Crippen LogP contribution in [0.4, 0.5) is 23.7 Å². The van der Waals surface area contributed by atoms with E-state index >= 15 is 0 Å². The van der Waals surface area contributed by atoms with Gasteiger partial charge in [0.05, 0.1) is 17.4 Å². The van der Waals surface area contributed by atoms with E-state index in [-0.39, 0.29) is 23.6 Å². The third kappa shape index (κ3) is 7.58. The number of aromatic nitrogens is 2. The Morgan fingerprint density at radius 2 is 1.73 bits per heavy atom. The largest absolute Gasteiger partial charge is 0.444 e. The quantitative estimate of drug-likeness (QED) is 0.294. The van der Waals surface area contributed by atoms with Crippen molar-refractivity contribution < 1.29 is 27.5 Å². The highest BCUT2D eigenvalue weighted by Crippen LogP contribution is 2.39. The number of hydrogen-bond donors (Lipinski definition) is 2. The number of nitrogens with zero attached hydrogens (tertiary/aromatic N) is 2. The lowest BCUT2D eigenvalue weighted by Crippen LogP contribution is -2.42. The lowest BCUT2D eigenvalue weighted by atomic mass is 9.76. The normalized spacial score (nSPS) is 19.0. The second kappa shape index (κ2) is 12.5. The van der Waals surface area contributed by atoms with Crippen molar-refractivity contribution in [2.45, 2.75) is 69.4 Å². The molecule has 0 aliphatic heterocycles. The standard InChI is InChI=1S/C30H33F3N4O3S/c1-16-10-17(12-18(11-16)35-29(39)40-30(2,3)4)20-8-9-34-15-25(20)37-28(38)24-7-6-21(31)27(36-24)26-22(32)13-19(41-5)14-23(26)33/h6-9,13-18H,10-12H2,1-5H3,(H,35,39)(H,37,38)/t16-,17?,18?/m0/s1. The molecule has 2 heterocycles. The van der Waals surface area contributed by atoms with Gasteiger partial charge in [0, 0.05) is 17.1 Å². The average Bonchev–Trinajstić information content (AvgIpc) is 2.88. The zero-order valence-corrected chi connectivity index (χ0v) is 24.4. The van der Waals surface area contributed by atoms with Crippen LogP contribution in [0.1, 0.15) is 68.9 Å². The molecule has 2 N–H and O–H groups in total. The van der Waals surface area contributed by atoms with E-state index in [2.05, 4.69) is 27.5 Å². The van der Waals surface area contributed by atoms with Gasteiger partial charge in [-0.1, -0.05) is 6.92 Å². The Hall–Kier alpha value is -3.60. The van der Waals surface area contributed by atoms with Crippen molar-refractivity contribution in [1.29, 1.82) is 0 Å². The van der Waals surface area contributed by atoms with E-state index in [0.29, 0.717) is 17.0 Å². The molecule has 1 aliphatic carbocycles. The molecule has 41 heavy (non-hydrogen) atoms. The fraction of sp³-hybridized carbons (Fsp3) is 0.400. The van der Waals surface area contributed by atoms with Gasteiger partial charge in [0.1, 0.15) is 34.4 Å². The molecular weight excluding hydrogens is 553 g/mol. The minimum Gasteiger partial charge on any atom is -0.444 e. The van der Waals surface area contributed by atoms with Crippen molar-refractivity contribution in [3.63, 3.8) is 0 Å². The van der Waals surface area contributed by atoms with Gasteiger partial charge in [-0.2, -0.15) is 0 Å². The molecule has 1 aliphatic rings. The van der Waals surface area contributed by atoms with Crippen molar-refractivity contribution >= 4 is 29.4 Å². The van der Waals surface area contributed by atoms with Gasteiger partial charge in [0.15, 0.2) is 0 Å². The Morgan fingerprint density at radius 3 is 2.39 bits per heavy atom. The molecule has 2 amide bonds. The van der Waals surface area contributed by atoms with E-state index in [1.165, 1.54) is 6.20 Å². The number of rotatable bonds is 6. The molecule has 1 saturated carbocycles. The Kier molecular flexibility index (Phi) is 9.26. The molecule has 11 heteroatoms. The van der Waals surface area contributed by atoms with E-state index < -0.39 is 46.3 Å². The van der Waals surface area contributed by atoms with Crippen LogP contribution in [-0.2, 0) is 4.74 Å². The minimum absolute atomic E-state index is 0.00753. The Morgan fingerprint density at radius 1 is 1.02 bits per heavy atom. The van der Waals surface area contributed by atoms with Gasteiger partial charge in [-0.15, -0.1) is 11.8 Å². The first-order valence-corrected chi connectivity index (χ1v) is 14.5. The maximum Gasteiger partial charge on any atom is 0.407 e. The zero-order chi connectivity index (χ0) is 29.9. The number of thioether (sulfide) groups is 1. The fourth-order valence-electron chi connectivity index (χ4n) is 5.14. The molecule has 0 radical (unpaired) electrons. The summed E-state index contributed by atoms with van der Waals surface area (Å²) in [5.74, 6) is -3.32. The van der Waals surface area contributed by atoms with Crippen molar-refractivity contribution in [3.8, 4) is 11.3 Å². The number of ether oxygens (including phenoxy) is 1. The lowest BCUT2D eigenvalue weighted by Gasteiger charge is -2.35. The number of halogens is 3. The summed E-state index contributed by atoms with van der Waals surface area (Å²) < 4.78 is 49.5. The van der Waals surface area contributed by atoms with Crippen LogP contribution in [-0.4, -0.2) is 39.9 Å². The van der Waals surface area contributed by atoms with Crippen molar-refractivity contribution in [2.75, 3.05) is 11.6 Å². The van der Waals surface area contributed by atoms with E-state index in [0.717, 1.165) is 54.4 Å². The van der Waals surface area contributed by atoms with Crippen molar-refractivity contribution in [2.24, 2.45) is 5.92 Å². The number of carbonyl (C=O) groups is 2. The first-order chi connectivity index (χ1) is 19.3. The van der Waals surface area contributed by atoms with Crippen LogP contribution in [0.2, 0.25) is 0 Å². The smallest absolute Gasteiger partial charge is 0.407 e. The molecule has 1 aromatic carbocycles. The SMILES string of the molecule is CSc1cc(F)c(-c2nc(C(=O)Nc3cnccc3C3CC(NC(=O)OC(C)(C)C)C[C@@H](C)C3)ccc2F)c(F)c1. The summed E-state index contributed by atoms with van der Waals surface area (Å²) in [7, 11) is 0. The van der Waals surface area contributed by atoms with Crippen LogP contribution in [0.3, 0.4) is 0 Å². The lowest BCUT2D eigenvalue weighted by molar-refractivity contribution is 0.0482. The van der Waals surface area contributed by atoms with Crippen LogP contribution < -0.4 is 10.6 Å². The molecule has 1 fully saturated rings. The third-order valence-corrected chi connectivity index (χ3v) is 7.48. The number of carbonyl (C=O) groups excluding carboxylic acids is 2. The minimum atomic E-state index is -0.978. The highest BCUT2D eigenvalue weighted by molar-refractivity contribution is 7.98. The number of pyridine rings is 2. The second-order valence-corrected chi connectivity index (χ2v) is 12.1. The van der Waals surface area contributed by atoms with Gasteiger partial charge in [-0.3, -0.25) is 9.78 Å². The molecule has 3 aromatic rings. The first-order valence-electron chi connectivity index (χ1n) is 13.3. The molecular formula is C30H33F3N4O3S. The van der Waals surface area contributed by atoms with Crippen molar-refractivity contribution in [3.05, 3.63) is 71.4 Å². The van der Waals surface area contributed by atoms with Gasteiger partial charge in [0.25, 0.3) is 5.91 Å². The Labute approximate surface area is 241 Å². The predicted molar refractivity (Wildman–Crippen MR) is 152 cm³/mol. The van der Waals surface area contributed by atoms with Gasteiger partial charge < -0.3 is 15.4 Å². The van der Waals surface area contributed by atoms with Gasteiger partial charge in [-0.25, -0.2) is 22.9 Å². The Bertz CT molecular complexity index is 1420. The number of hydrogen-bond acceptors (Lipinski definition) is 6. The monoisotopic (exact) mass is 586 g/mol. The molecule has 218 valence electrons. The number of alkyl carbamates (subject to hydrolysis) is 1. The third-order valence-electron chi connectivity index (χ3n) is 6.77. The van der Waals surface area contributed by atoms with Crippen LogP contribution in [0.5, 0.6) is 0 Å². The van der Waals surface area contributed by atoms with Crippen LogP contribution >= 0.6 is 11.8 Å². The number of nitrogens with one attached hydrogen (secondary N) is 2.